The summed E-state index contributed by atoms with van der Waals surface area (Å²) in [6.45, 7) is 8.84. The average Bonchev–Trinajstić information content (AvgIpc) is 2.36. The summed E-state index contributed by atoms with van der Waals surface area (Å²) < 4.78 is 0. The Morgan fingerprint density at radius 2 is 1.94 bits per heavy atom. The third-order valence-electron chi connectivity index (χ3n) is 2.85. The van der Waals surface area contributed by atoms with Crippen molar-refractivity contribution in [3.05, 3.63) is 29.8 Å². The van der Waals surface area contributed by atoms with Crippen molar-refractivity contribution in [2.75, 3.05) is 12.3 Å². The summed E-state index contributed by atoms with van der Waals surface area (Å²) in [5.41, 5.74) is 1.44. The van der Waals surface area contributed by atoms with Crippen LogP contribution in [0.5, 0.6) is 0 Å². The molecular formula is C16H27NS. The van der Waals surface area contributed by atoms with Gasteiger partial charge in [-0.3, -0.25) is 0 Å². The molecular weight excluding hydrogens is 238 g/mol. The Morgan fingerprint density at radius 3 is 2.67 bits per heavy atom. The molecule has 0 amide bonds. The van der Waals surface area contributed by atoms with Gasteiger partial charge in [0.15, 0.2) is 0 Å². The second kappa shape index (κ2) is 9.46. The maximum absolute atomic E-state index is 3.53. The maximum Gasteiger partial charge on any atom is 0.0216 e. The Bertz CT molecular complexity index is 323. The van der Waals surface area contributed by atoms with Gasteiger partial charge in [0.2, 0.25) is 0 Å². The molecule has 0 unspecified atom stereocenters. The van der Waals surface area contributed by atoms with Crippen LogP contribution in [-0.2, 0) is 6.54 Å². The first-order valence-electron chi connectivity index (χ1n) is 7.15. The van der Waals surface area contributed by atoms with E-state index in [1.807, 2.05) is 11.8 Å². The molecule has 0 aromatic heterocycles. The fourth-order valence-electron chi connectivity index (χ4n) is 1.82. The van der Waals surface area contributed by atoms with Crippen LogP contribution in [0.4, 0.5) is 0 Å². The third-order valence-corrected chi connectivity index (χ3v) is 4.05. The number of nitrogens with one attached hydrogen (secondary N) is 1. The molecule has 2 heteroatoms. The van der Waals surface area contributed by atoms with E-state index < -0.39 is 0 Å². The molecule has 0 atom stereocenters. The van der Waals surface area contributed by atoms with Crippen molar-refractivity contribution in [1.29, 1.82) is 0 Å². The van der Waals surface area contributed by atoms with Crippen LogP contribution in [0.2, 0.25) is 0 Å². The molecule has 0 aliphatic heterocycles. The summed E-state index contributed by atoms with van der Waals surface area (Å²) in [5, 5.41) is 3.53. The molecule has 0 spiro atoms. The third kappa shape index (κ3) is 6.46. The molecule has 0 saturated carbocycles. The van der Waals surface area contributed by atoms with Crippen LogP contribution in [0.1, 0.15) is 45.6 Å². The zero-order valence-electron chi connectivity index (χ0n) is 12.0. The van der Waals surface area contributed by atoms with Crippen molar-refractivity contribution >= 4 is 11.8 Å². The predicted octanol–water partition coefficient (Wildman–Crippen LogP) is 4.71. The monoisotopic (exact) mass is 265 g/mol. The van der Waals surface area contributed by atoms with Crippen LogP contribution in [0, 0.1) is 5.92 Å². The van der Waals surface area contributed by atoms with Crippen LogP contribution in [-0.4, -0.2) is 12.3 Å². The Hall–Kier alpha value is -0.470. The van der Waals surface area contributed by atoms with Gasteiger partial charge in [-0.2, -0.15) is 0 Å². The second-order valence-corrected chi connectivity index (χ2v) is 6.32. The van der Waals surface area contributed by atoms with Crippen molar-refractivity contribution < 1.29 is 0 Å². The molecule has 0 aliphatic carbocycles. The van der Waals surface area contributed by atoms with Crippen molar-refractivity contribution in [2.45, 2.75) is 51.5 Å². The van der Waals surface area contributed by atoms with Gasteiger partial charge in [0.1, 0.15) is 0 Å². The smallest absolute Gasteiger partial charge is 0.0216 e. The highest BCUT2D eigenvalue weighted by atomic mass is 32.2. The van der Waals surface area contributed by atoms with Gasteiger partial charge in [-0.05, 0) is 36.3 Å². The van der Waals surface area contributed by atoms with Gasteiger partial charge < -0.3 is 5.32 Å². The number of thioether (sulfide) groups is 1. The van der Waals surface area contributed by atoms with Gasteiger partial charge in [0.05, 0.1) is 0 Å². The van der Waals surface area contributed by atoms with E-state index >= 15 is 0 Å². The standard InChI is InChI=1S/C16H27NS/c1-4-5-8-11-18-16-10-7-6-9-15(16)13-17-12-14(2)3/h6-7,9-10,14,17H,4-5,8,11-13H2,1-3H3. The molecule has 0 aliphatic rings. The summed E-state index contributed by atoms with van der Waals surface area (Å²) >= 11 is 2.01. The Kier molecular flexibility index (Phi) is 8.19. The minimum Gasteiger partial charge on any atom is -0.312 e. The quantitative estimate of drug-likeness (QED) is 0.512. The van der Waals surface area contributed by atoms with Crippen LogP contribution in [0.3, 0.4) is 0 Å². The summed E-state index contributed by atoms with van der Waals surface area (Å²) in [7, 11) is 0. The second-order valence-electron chi connectivity index (χ2n) is 5.19. The minimum atomic E-state index is 0.717. The maximum atomic E-state index is 3.53. The van der Waals surface area contributed by atoms with Crippen molar-refractivity contribution in [3.8, 4) is 0 Å². The first-order chi connectivity index (χ1) is 8.74. The number of benzene rings is 1. The number of hydrogen-bond acceptors (Lipinski definition) is 2. The molecule has 0 fully saturated rings. The number of rotatable bonds is 9. The van der Waals surface area contributed by atoms with Gasteiger partial charge in [-0.25, -0.2) is 0 Å². The van der Waals surface area contributed by atoms with Crippen LogP contribution in [0.15, 0.2) is 29.2 Å². The van der Waals surface area contributed by atoms with E-state index in [9.17, 15) is 0 Å². The van der Waals surface area contributed by atoms with Gasteiger partial charge in [0, 0.05) is 11.4 Å². The minimum absolute atomic E-state index is 0.717. The Balaban J connectivity index is 2.40. The van der Waals surface area contributed by atoms with Crippen LogP contribution >= 0.6 is 11.8 Å². The first kappa shape index (κ1) is 15.6. The van der Waals surface area contributed by atoms with E-state index in [1.54, 1.807) is 0 Å². The molecule has 0 saturated heterocycles. The lowest BCUT2D eigenvalue weighted by molar-refractivity contribution is 0.550. The molecule has 1 nitrogen and oxygen atoms in total. The van der Waals surface area contributed by atoms with E-state index in [0.29, 0.717) is 0 Å². The Labute approximate surface area is 117 Å². The molecule has 0 radical (unpaired) electrons. The molecule has 102 valence electrons. The zero-order chi connectivity index (χ0) is 13.2. The zero-order valence-corrected chi connectivity index (χ0v) is 12.9. The molecule has 1 aromatic rings. The molecule has 1 rings (SSSR count). The predicted molar refractivity (Wildman–Crippen MR) is 83.2 cm³/mol. The number of unbranched alkanes of at least 4 members (excludes halogenated alkanes) is 2. The molecule has 18 heavy (non-hydrogen) atoms. The summed E-state index contributed by atoms with van der Waals surface area (Å²) in [6, 6.07) is 8.79. The van der Waals surface area contributed by atoms with E-state index in [2.05, 4.69) is 50.4 Å². The highest BCUT2D eigenvalue weighted by Gasteiger charge is 2.02. The SMILES string of the molecule is CCCCCSc1ccccc1CNCC(C)C. The van der Waals surface area contributed by atoms with Crippen molar-refractivity contribution in [3.63, 3.8) is 0 Å². The lowest BCUT2D eigenvalue weighted by Crippen LogP contribution is -2.19. The van der Waals surface area contributed by atoms with E-state index in [4.69, 9.17) is 0 Å². The molecule has 1 aromatic carbocycles. The van der Waals surface area contributed by atoms with E-state index in [0.717, 1.165) is 19.0 Å². The lowest BCUT2D eigenvalue weighted by Gasteiger charge is -2.11. The number of hydrogen-bond donors (Lipinski definition) is 1. The summed E-state index contributed by atoms with van der Waals surface area (Å²) in [4.78, 5) is 1.45. The van der Waals surface area contributed by atoms with Crippen LogP contribution < -0.4 is 5.32 Å². The van der Waals surface area contributed by atoms with Gasteiger partial charge in [-0.1, -0.05) is 51.8 Å². The van der Waals surface area contributed by atoms with Gasteiger partial charge in [0.25, 0.3) is 0 Å². The average molecular weight is 265 g/mol. The highest BCUT2D eigenvalue weighted by Crippen LogP contribution is 2.23. The fraction of sp³-hybridized carbons (Fsp3) is 0.625. The summed E-state index contributed by atoms with van der Waals surface area (Å²) in [6.07, 6.45) is 3.98. The van der Waals surface area contributed by atoms with Crippen molar-refractivity contribution in [2.24, 2.45) is 5.92 Å². The largest absolute Gasteiger partial charge is 0.312 e. The topological polar surface area (TPSA) is 12.0 Å². The molecule has 1 N–H and O–H groups in total. The molecule has 0 bridgehead atoms. The van der Waals surface area contributed by atoms with Crippen LogP contribution in [0.25, 0.3) is 0 Å². The highest BCUT2D eigenvalue weighted by molar-refractivity contribution is 7.99. The van der Waals surface area contributed by atoms with E-state index in [-0.39, 0.29) is 0 Å². The summed E-state index contributed by atoms with van der Waals surface area (Å²) in [5.74, 6) is 1.96. The van der Waals surface area contributed by atoms with Crippen molar-refractivity contribution in [1.82, 2.24) is 5.32 Å². The van der Waals surface area contributed by atoms with Gasteiger partial charge in [-0.15, -0.1) is 11.8 Å². The normalized spacial score (nSPS) is 11.1. The van der Waals surface area contributed by atoms with E-state index in [1.165, 1.54) is 35.5 Å². The molecule has 0 heterocycles. The van der Waals surface area contributed by atoms with Gasteiger partial charge >= 0.3 is 0 Å². The first-order valence-corrected chi connectivity index (χ1v) is 8.14. The Morgan fingerprint density at radius 1 is 1.17 bits per heavy atom. The lowest BCUT2D eigenvalue weighted by atomic mass is 10.2. The fourth-order valence-corrected chi connectivity index (χ4v) is 2.89.